The van der Waals surface area contributed by atoms with Gasteiger partial charge in [0.25, 0.3) is 0 Å². The van der Waals surface area contributed by atoms with Crippen LogP contribution in [0, 0.1) is 34.0 Å². The second-order valence-corrected chi connectivity index (χ2v) is 14.3. The van der Waals surface area contributed by atoms with Crippen LogP contribution in [-0.4, -0.2) is 13.7 Å². The summed E-state index contributed by atoms with van der Waals surface area (Å²) < 4.78 is 6.82. The highest BCUT2D eigenvalue weighted by atomic mass is 15.0. The molecule has 0 radical (unpaired) electrons. The van der Waals surface area contributed by atoms with E-state index < -0.39 is 0 Å². The van der Waals surface area contributed by atoms with Gasteiger partial charge in [0.1, 0.15) is 0 Å². The molecule has 0 aliphatic heterocycles. The molecule has 0 fully saturated rings. The van der Waals surface area contributed by atoms with Crippen molar-refractivity contribution in [1.29, 1.82) is 15.8 Å². The summed E-state index contributed by atoms with van der Waals surface area (Å²) in [7, 11) is 0. The molecule has 0 bridgehead atoms. The molecule has 0 spiro atoms. The van der Waals surface area contributed by atoms with E-state index in [0.29, 0.717) is 16.7 Å². The Kier molecular flexibility index (Phi) is 6.95. The van der Waals surface area contributed by atoms with Crippen molar-refractivity contribution in [2.75, 3.05) is 0 Å². The quantitative estimate of drug-likeness (QED) is 0.181. The standard InChI is InChI=1S/C51H28N6/c52-29-32-20-22-47-41(26-32)40-13-4-6-15-44(40)55(47)36-25-34(31-54)24-35(28-36)37-10-1-5-14-43(37)56-48-23-21-33(30-53)27-42(48)51-49(56)18-9-19-50(51)57-45-16-7-2-11-38(45)39-12-3-8-17-46(39)57/h1-28H. The van der Waals surface area contributed by atoms with Crippen LogP contribution in [0.1, 0.15) is 16.7 Å². The van der Waals surface area contributed by atoms with Crippen molar-refractivity contribution in [3.63, 3.8) is 0 Å². The number of hydrogen-bond donors (Lipinski definition) is 0. The van der Waals surface area contributed by atoms with Gasteiger partial charge in [-0.05, 0) is 96.6 Å². The van der Waals surface area contributed by atoms with Crippen LogP contribution < -0.4 is 0 Å². The number of nitriles is 3. The number of aromatic nitrogens is 3. The van der Waals surface area contributed by atoms with Gasteiger partial charge in [0.05, 0.1) is 79.4 Å². The number of rotatable bonds is 4. The van der Waals surface area contributed by atoms with Crippen LogP contribution >= 0.6 is 0 Å². The fourth-order valence-corrected chi connectivity index (χ4v) is 8.94. The predicted molar refractivity (Wildman–Crippen MR) is 229 cm³/mol. The van der Waals surface area contributed by atoms with Crippen LogP contribution in [0.5, 0.6) is 0 Å². The Labute approximate surface area is 326 Å². The first kappa shape index (κ1) is 32.1. The molecule has 262 valence electrons. The van der Waals surface area contributed by atoms with Crippen LogP contribution in [0.4, 0.5) is 0 Å². The normalized spacial score (nSPS) is 11.5. The molecule has 0 N–H and O–H groups in total. The van der Waals surface area contributed by atoms with Gasteiger partial charge >= 0.3 is 0 Å². The van der Waals surface area contributed by atoms with Crippen molar-refractivity contribution >= 4 is 65.4 Å². The Hall–Kier alpha value is -8.37. The molecule has 11 aromatic rings. The Morgan fingerprint density at radius 2 is 0.825 bits per heavy atom. The average Bonchev–Trinajstić information content (AvgIpc) is 3.91. The highest BCUT2D eigenvalue weighted by Gasteiger charge is 2.22. The summed E-state index contributed by atoms with van der Waals surface area (Å²) in [4.78, 5) is 0. The number of hydrogen-bond acceptors (Lipinski definition) is 3. The van der Waals surface area contributed by atoms with E-state index in [-0.39, 0.29) is 0 Å². The van der Waals surface area contributed by atoms with Gasteiger partial charge < -0.3 is 13.7 Å². The molecule has 57 heavy (non-hydrogen) atoms. The highest BCUT2D eigenvalue weighted by molar-refractivity contribution is 6.17. The molecule has 6 heteroatoms. The molecular formula is C51H28N6. The minimum Gasteiger partial charge on any atom is -0.309 e. The summed E-state index contributed by atoms with van der Waals surface area (Å²) in [6.45, 7) is 0. The van der Waals surface area contributed by atoms with Gasteiger partial charge in [-0.2, -0.15) is 15.8 Å². The van der Waals surface area contributed by atoms with Gasteiger partial charge in [0.15, 0.2) is 0 Å². The van der Waals surface area contributed by atoms with Gasteiger partial charge in [-0.3, -0.25) is 0 Å². The molecule has 0 aliphatic carbocycles. The first-order valence-corrected chi connectivity index (χ1v) is 18.7. The van der Waals surface area contributed by atoms with E-state index in [2.05, 4.69) is 129 Å². The third-order valence-electron chi connectivity index (χ3n) is 11.3. The summed E-state index contributed by atoms with van der Waals surface area (Å²) in [5, 5.41) is 36.7. The third-order valence-corrected chi connectivity index (χ3v) is 11.3. The van der Waals surface area contributed by atoms with Gasteiger partial charge in [-0.15, -0.1) is 0 Å². The summed E-state index contributed by atoms with van der Waals surface area (Å²) in [6, 6.07) is 64.8. The molecule has 0 saturated heterocycles. The van der Waals surface area contributed by atoms with E-state index in [9.17, 15) is 15.8 Å². The molecule has 11 rings (SSSR count). The van der Waals surface area contributed by atoms with Gasteiger partial charge in [0, 0.05) is 43.6 Å². The zero-order valence-electron chi connectivity index (χ0n) is 30.3. The van der Waals surface area contributed by atoms with E-state index in [1.54, 1.807) is 0 Å². The van der Waals surface area contributed by atoms with Crippen LogP contribution in [0.2, 0.25) is 0 Å². The van der Waals surface area contributed by atoms with Crippen LogP contribution in [0.25, 0.3) is 93.6 Å². The Morgan fingerprint density at radius 3 is 1.49 bits per heavy atom. The fraction of sp³-hybridized carbons (Fsp3) is 0. The maximum Gasteiger partial charge on any atom is 0.0992 e. The minimum absolute atomic E-state index is 0.534. The first-order chi connectivity index (χ1) is 28.1. The van der Waals surface area contributed by atoms with E-state index in [1.807, 2.05) is 72.8 Å². The Balaban J connectivity index is 1.20. The predicted octanol–water partition coefficient (Wildman–Crippen LogP) is 12.3. The summed E-state index contributed by atoms with van der Waals surface area (Å²) in [6.07, 6.45) is 0. The Morgan fingerprint density at radius 1 is 0.333 bits per heavy atom. The summed E-state index contributed by atoms with van der Waals surface area (Å²) in [5.41, 5.74) is 12.5. The molecule has 0 aliphatic rings. The van der Waals surface area contributed by atoms with Crippen molar-refractivity contribution in [3.05, 3.63) is 187 Å². The van der Waals surface area contributed by atoms with E-state index >= 15 is 0 Å². The lowest BCUT2D eigenvalue weighted by Crippen LogP contribution is -2.00. The number of benzene rings is 8. The maximum atomic E-state index is 10.5. The molecule has 8 aromatic carbocycles. The van der Waals surface area contributed by atoms with Crippen molar-refractivity contribution < 1.29 is 0 Å². The fourth-order valence-electron chi connectivity index (χ4n) is 8.94. The second kappa shape index (κ2) is 12.3. The summed E-state index contributed by atoms with van der Waals surface area (Å²) in [5.74, 6) is 0. The van der Waals surface area contributed by atoms with E-state index in [4.69, 9.17) is 0 Å². The minimum atomic E-state index is 0.534. The third kappa shape index (κ3) is 4.68. The lowest BCUT2D eigenvalue weighted by atomic mass is 10.00. The largest absolute Gasteiger partial charge is 0.309 e. The van der Waals surface area contributed by atoms with E-state index in [0.717, 1.165) is 82.8 Å². The van der Waals surface area contributed by atoms with Crippen LogP contribution in [-0.2, 0) is 0 Å². The van der Waals surface area contributed by atoms with Gasteiger partial charge in [0.2, 0.25) is 0 Å². The lowest BCUT2D eigenvalue weighted by Gasteiger charge is -2.16. The molecule has 0 saturated carbocycles. The van der Waals surface area contributed by atoms with Crippen LogP contribution in [0.3, 0.4) is 0 Å². The van der Waals surface area contributed by atoms with Crippen molar-refractivity contribution in [3.8, 4) is 46.4 Å². The number of fused-ring (bicyclic) bond motifs is 9. The molecule has 0 unspecified atom stereocenters. The second-order valence-electron chi connectivity index (χ2n) is 14.3. The van der Waals surface area contributed by atoms with Gasteiger partial charge in [-0.25, -0.2) is 0 Å². The molecular weight excluding hydrogens is 697 g/mol. The maximum absolute atomic E-state index is 10.5. The lowest BCUT2D eigenvalue weighted by molar-refractivity contribution is 1.16. The van der Waals surface area contributed by atoms with Gasteiger partial charge in [-0.1, -0.05) is 78.9 Å². The van der Waals surface area contributed by atoms with E-state index in [1.165, 1.54) is 10.8 Å². The number of nitrogens with zero attached hydrogens (tertiary/aromatic N) is 6. The topological polar surface area (TPSA) is 86.2 Å². The SMILES string of the molecule is N#Cc1cc(-c2ccccc2-n2c3ccc(C#N)cc3c3c(-n4c5ccccc5c5ccccc54)cccc32)cc(-n2c3ccccc3c3cc(C#N)ccc32)c1. The summed E-state index contributed by atoms with van der Waals surface area (Å²) >= 11 is 0. The smallest absolute Gasteiger partial charge is 0.0992 e. The molecule has 6 nitrogen and oxygen atoms in total. The molecule has 0 amide bonds. The zero-order chi connectivity index (χ0) is 38.2. The van der Waals surface area contributed by atoms with Crippen molar-refractivity contribution in [2.45, 2.75) is 0 Å². The highest BCUT2D eigenvalue weighted by Crippen LogP contribution is 2.42. The zero-order valence-corrected chi connectivity index (χ0v) is 30.3. The molecule has 3 heterocycles. The number of para-hydroxylation sites is 4. The van der Waals surface area contributed by atoms with Crippen LogP contribution in [0.15, 0.2) is 170 Å². The van der Waals surface area contributed by atoms with Crippen molar-refractivity contribution in [1.82, 2.24) is 13.7 Å². The molecule has 3 aromatic heterocycles. The molecule has 0 atom stereocenters. The monoisotopic (exact) mass is 724 g/mol. The first-order valence-electron chi connectivity index (χ1n) is 18.7. The Bertz CT molecular complexity index is 3580. The van der Waals surface area contributed by atoms with Crippen molar-refractivity contribution in [2.24, 2.45) is 0 Å². The average molecular weight is 725 g/mol.